The van der Waals surface area contributed by atoms with Gasteiger partial charge in [-0.15, -0.1) is 0 Å². The number of nitrogens with zero attached hydrogens (tertiary/aromatic N) is 3. The van der Waals surface area contributed by atoms with Gasteiger partial charge in [0.2, 0.25) is 0 Å². The predicted molar refractivity (Wildman–Crippen MR) is 91.5 cm³/mol. The molecule has 0 saturated carbocycles. The number of hydrogen-bond donors (Lipinski definition) is 0. The average Bonchev–Trinajstić information content (AvgIpc) is 2.59. The second-order valence-corrected chi connectivity index (χ2v) is 5.88. The lowest BCUT2D eigenvalue weighted by Gasteiger charge is -2.36. The molecule has 0 atom stereocenters. The Kier molecular flexibility index (Phi) is 5.24. The molecule has 2 aromatic rings. The van der Waals surface area contributed by atoms with E-state index < -0.39 is 0 Å². The van der Waals surface area contributed by atoms with E-state index in [0.717, 1.165) is 44.7 Å². The second-order valence-electron chi connectivity index (χ2n) is 5.88. The van der Waals surface area contributed by atoms with Crippen molar-refractivity contribution in [1.82, 2.24) is 9.88 Å². The first kappa shape index (κ1) is 15.3. The van der Waals surface area contributed by atoms with Gasteiger partial charge in [0.25, 0.3) is 0 Å². The van der Waals surface area contributed by atoms with E-state index in [-0.39, 0.29) is 0 Å². The van der Waals surface area contributed by atoms with Gasteiger partial charge in [-0.3, -0.25) is 9.88 Å². The van der Waals surface area contributed by atoms with Crippen LogP contribution >= 0.6 is 0 Å². The Morgan fingerprint density at radius 3 is 2.68 bits per heavy atom. The molecule has 1 fully saturated rings. The SMILES string of the molecule is COCCCCN1CCN(c2ccnc3ccccc23)CC1. The lowest BCUT2D eigenvalue weighted by molar-refractivity contribution is 0.182. The number of fused-ring (bicyclic) bond motifs is 1. The lowest BCUT2D eigenvalue weighted by atomic mass is 10.1. The number of benzene rings is 1. The molecule has 0 amide bonds. The van der Waals surface area contributed by atoms with Gasteiger partial charge in [-0.05, 0) is 31.5 Å². The highest BCUT2D eigenvalue weighted by Crippen LogP contribution is 2.25. The highest BCUT2D eigenvalue weighted by Gasteiger charge is 2.18. The molecule has 1 aromatic carbocycles. The predicted octanol–water partition coefficient (Wildman–Crippen LogP) is 2.78. The summed E-state index contributed by atoms with van der Waals surface area (Å²) in [6, 6.07) is 10.6. The highest BCUT2D eigenvalue weighted by molar-refractivity contribution is 5.91. The third-order valence-corrected chi connectivity index (χ3v) is 4.41. The number of aromatic nitrogens is 1. The van der Waals surface area contributed by atoms with Gasteiger partial charge in [-0.2, -0.15) is 0 Å². The van der Waals surface area contributed by atoms with Gasteiger partial charge in [0.15, 0.2) is 0 Å². The standard InChI is InChI=1S/C18H25N3O/c1-22-15-5-4-10-20-11-13-21(14-12-20)18-8-9-19-17-7-3-2-6-16(17)18/h2-3,6-9H,4-5,10-15H2,1H3. The minimum atomic E-state index is 0.878. The van der Waals surface area contributed by atoms with Crippen LogP contribution in [-0.4, -0.2) is 56.3 Å². The van der Waals surface area contributed by atoms with Crippen LogP contribution in [0.25, 0.3) is 10.9 Å². The summed E-state index contributed by atoms with van der Waals surface area (Å²) in [6.45, 7) is 6.54. The molecule has 0 aliphatic carbocycles. The van der Waals surface area contributed by atoms with E-state index in [1.807, 2.05) is 6.20 Å². The van der Waals surface area contributed by atoms with E-state index in [4.69, 9.17) is 4.74 Å². The van der Waals surface area contributed by atoms with Crippen LogP contribution in [0.2, 0.25) is 0 Å². The topological polar surface area (TPSA) is 28.6 Å². The zero-order chi connectivity index (χ0) is 15.2. The van der Waals surface area contributed by atoms with Gasteiger partial charge in [-0.1, -0.05) is 18.2 Å². The van der Waals surface area contributed by atoms with Crippen LogP contribution in [0.1, 0.15) is 12.8 Å². The van der Waals surface area contributed by atoms with E-state index in [9.17, 15) is 0 Å². The van der Waals surface area contributed by atoms with Gasteiger partial charge in [0, 0.05) is 57.2 Å². The molecule has 0 unspecified atom stereocenters. The van der Waals surface area contributed by atoms with Crippen molar-refractivity contribution in [2.75, 3.05) is 51.3 Å². The summed E-state index contributed by atoms with van der Waals surface area (Å²) in [5.74, 6) is 0. The maximum absolute atomic E-state index is 5.11. The number of ether oxygens (including phenoxy) is 1. The van der Waals surface area contributed by atoms with Gasteiger partial charge >= 0.3 is 0 Å². The monoisotopic (exact) mass is 299 g/mol. The molecule has 4 heteroatoms. The molecule has 1 aliphatic rings. The molecule has 1 saturated heterocycles. The molecule has 0 radical (unpaired) electrons. The smallest absolute Gasteiger partial charge is 0.0722 e. The van der Waals surface area contributed by atoms with E-state index in [1.54, 1.807) is 7.11 Å². The van der Waals surface area contributed by atoms with Crippen molar-refractivity contribution in [2.45, 2.75) is 12.8 Å². The molecule has 0 spiro atoms. The van der Waals surface area contributed by atoms with Crippen molar-refractivity contribution < 1.29 is 4.74 Å². The Balaban J connectivity index is 1.59. The zero-order valence-electron chi connectivity index (χ0n) is 13.4. The second kappa shape index (κ2) is 7.56. The van der Waals surface area contributed by atoms with E-state index >= 15 is 0 Å². The summed E-state index contributed by atoms with van der Waals surface area (Å²) in [5, 5.41) is 1.26. The largest absolute Gasteiger partial charge is 0.385 e. The van der Waals surface area contributed by atoms with Crippen molar-refractivity contribution in [3.63, 3.8) is 0 Å². The molecule has 3 rings (SSSR count). The Bertz CT molecular complexity index is 588. The van der Waals surface area contributed by atoms with Crippen LogP contribution in [0.5, 0.6) is 0 Å². The number of rotatable bonds is 6. The summed E-state index contributed by atoms with van der Waals surface area (Å²) >= 11 is 0. The van der Waals surface area contributed by atoms with Crippen molar-refractivity contribution in [1.29, 1.82) is 0 Å². The molecule has 0 bridgehead atoms. The quantitative estimate of drug-likeness (QED) is 0.767. The van der Waals surface area contributed by atoms with Crippen LogP contribution in [0.3, 0.4) is 0 Å². The molecule has 1 aliphatic heterocycles. The van der Waals surface area contributed by atoms with Crippen molar-refractivity contribution in [2.24, 2.45) is 0 Å². The lowest BCUT2D eigenvalue weighted by Crippen LogP contribution is -2.46. The fourth-order valence-corrected chi connectivity index (χ4v) is 3.15. The minimum Gasteiger partial charge on any atom is -0.385 e. The van der Waals surface area contributed by atoms with Crippen LogP contribution < -0.4 is 4.90 Å². The number of methoxy groups -OCH3 is 1. The summed E-state index contributed by atoms with van der Waals surface area (Å²) in [4.78, 5) is 9.52. The zero-order valence-corrected chi connectivity index (χ0v) is 13.4. The molecular weight excluding hydrogens is 274 g/mol. The minimum absolute atomic E-state index is 0.878. The average molecular weight is 299 g/mol. The fourth-order valence-electron chi connectivity index (χ4n) is 3.15. The van der Waals surface area contributed by atoms with Crippen molar-refractivity contribution >= 4 is 16.6 Å². The molecule has 1 aromatic heterocycles. The van der Waals surface area contributed by atoms with Crippen molar-refractivity contribution in [3.05, 3.63) is 36.5 Å². The highest BCUT2D eigenvalue weighted by atomic mass is 16.5. The van der Waals surface area contributed by atoms with Gasteiger partial charge in [0.1, 0.15) is 0 Å². The molecule has 0 N–H and O–H groups in total. The fraction of sp³-hybridized carbons (Fsp3) is 0.500. The van der Waals surface area contributed by atoms with Gasteiger partial charge in [0.05, 0.1) is 5.52 Å². The summed E-state index contributed by atoms with van der Waals surface area (Å²) < 4.78 is 5.11. The van der Waals surface area contributed by atoms with Crippen LogP contribution in [0.15, 0.2) is 36.5 Å². The first-order valence-electron chi connectivity index (χ1n) is 8.18. The van der Waals surface area contributed by atoms with E-state index in [1.165, 1.54) is 24.0 Å². The molecule has 22 heavy (non-hydrogen) atoms. The molecule has 4 nitrogen and oxygen atoms in total. The van der Waals surface area contributed by atoms with Gasteiger partial charge in [-0.25, -0.2) is 0 Å². The van der Waals surface area contributed by atoms with Crippen LogP contribution in [0, 0.1) is 0 Å². The maximum atomic E-state index is 5.11. The first-order valence-corrected chi connectivity index (χ1v) is 8.18. The van der Waals surface area contributed by atoms with Gasteiger partial charge < -0.3 is 9.64 Å². The third kappa shape index (κ3) is 3.57. The number of unbranched alkanes of at least 4 members (excludes halogenated alkanes) is 1. The van der Waals surface area contributed by atoms with Crippen LogP contribution in [-0.2, 0) is 4.74 Å². The first-order chi connectivity index (χ1) is 10.9. The number of anilines is 1. The number of pyridine rings is 1. The Labute approximate surface area is 132 Å². The van der Waals surface area contributed by atoms with Crippen molar-refractivity contribution in [3.8, 4) is 0 Å². The number of hydrogen-bond acceptors (Lipinski definition) is 4. The number of para-hydroxylation sites is 1. The summed E-state index contributed by atoms with van der Waals surface area (Å²) in [6.07, 6.45) is 4.31. The molecule has 2 heterocycles. The summed E-state index contributed by atoms with van der Waals surface area (Å²) in [7, 11) is 1.78. The Morgan fingerprint density at radius 1 is 1.05 bits per heavy atom. The number of piperazine rings is 1. The molecular formula is C18H25N3O. The maximum Gasteiger partial charge on any atom is 0.0722 e. The van der Waals surface area contributed by atoms with E-state index in [2.05, 4.69) is 45.1 Å². The Morgan fingerprint density at radius 2 is 1.86 bits per heavy atom. The third-order valence-electron chi connectivity index (χ3n) is 4.41. The van der Waals surface area contributed by atoms with Crippen LogP contribution in [0.4, 0.5) is 5.69 Å². The normalized spacial score (nSPS) is 16.3. The van der Waals surface area contributed by atoms with E-state index in [0.29, 0.717) is 0 Å². The Hall–Kier alpha value is -1.65. The molecule has 118 valence electrons. The summed E-state index contributed by atoms with van der Waals surface area (Å²) in [5.41, 5.74) is 2.41.